The molecule has 0 radical (unpaired) electrons. The van der Waals surface area contributed by atoms with Crippen molar-refractivity contribution in [2.45, 2.75) is 38.1 Å². The molecule has 25 heavy (non-hydrogen) atoms. The van der Waals surface area contributed by atoms with Gasteiger partial charge in [-0.3, -0.25) is 9.69 Å². The quantitative estimate of drug-likeness (QED) is 0.785. The van der Waals surface area contributed by atoms with Crippen molar-refractivity contribution in [1.82, 2.24) is 10.2 Å². The van der Waals surface area contributed by atoms with Crippen molar-refractivity contribution in [1.29, 1.82) is 0 Å². The number of carboxylic acids is 1. The van der Waals surface area contributed by atoms with Gasteiger partial charge in [-0.1, -0.05) is 18.2 Å². The first kappa shape index (κ1) is 17.5. The van der Waals surface area contributed by atoms with Crippen LogP contribution in [0.25, 0.3) is 6.08 Å². The second-order valence-electron chi connectivity index (χ2n) is 6.75. The summed E-state index contributed by atoms with van der Waals surface area (Å²) in [6, 6.07) is 5.95. The summed E-state index contributed by atoms with van der Waals surface area (Å²) in [6.07, 6.45) is 9.19. The number of hydrogen-bond donors (Lipinski definition) is 3. The third kappa shape index (κ3) is 5.06. The van der Waals surface area contributed by atoms with E-state index < -0.39 is 5.97 Å². The van der Waals surface area contributed by atoms with Crippen molar-refractivity contribution < 1.29 is 14.7 Å². The summed E-state index contributed by atoms with van der Waals surface area (Å²) in [5, 5.41) is 14.7. The maximum atomic E-state index is 12.2. The normalized spacial score (nSPS) is 18.2. The van der Waals surface area contributed by atoms with Gasteiger partial charge in [-0.05, 0) is 55.4 Å². The Kier molecular flexibility index (Phi) is 5.71. The third-order valence-electron chi connectivity index (χ3n) is 4.80. The third-order valence-corrected chi connectivity index (χ3v) is 4.80. The fourth-order valence-electron chi connectivity index (χ4n) is 3.46. The van der Waals surface area contributed by atoms with E-state index in [1.165, 1.54) is 11.1 Å². The first-order valence-corrected chi connectivity index (χ1v) is 8.91. The minimum Gasteiger partial charge on any atom is -0.480 e. The summed E-state index contributed by atoms with van der Waals surface area (Å²) < 4.78 is 0. The number of carbonyl (C=O) groups is 2. The number of fused-ring (bicyclic) bond motifs is 1. The van der Waals surface area contributed by atoms with Crippen molar-refractivity contribution in [3.8, 4) is 0 Å². The molecule has 1 heterocycles. The number of rotatable bonds is 4. The van der Waals surface area contributed by atoms with E-state index in [1.54, 1.807) is 0 Å². The van der Waals surface area contributed by atoms with Crippen LogP contribution in [0.1, 0.15) is 36.8 Å². The summed E-state index contributed by atoms with van der Waals surface area (Å²) in [7, 11) is 0. The molecule has 1 aromatic carbocycles. The highest BCUT2D eigenvalue weighted by Crippen LogP contribution is 2.22. The number of piperidine rings is 1. The Morgan fingerprint density at radius 3 is 2.80 bits per heavy atom. The average Bonchev–Trinajstić information content (AvgIpc) is 2.81. The molecule has 2 aliphatic rings. The zero-order valence-electron chi connectivity index (χ0n) is 14.3. The Morgan fingerprint density at radius 2 is 2.04 bits per heavy atom. The molecule has 3 N–H and O–H groups in total. The zero-order valence-corrected chi connectivity index (χ0v) is 14.3. The lowest BCUT2D eigenvalue weighted by atomic mass is 10.0. The summed E-state index contributed by atoms with van der Waals surface area (Å²) in [6.45, 7) is 1.46. The molecule has 0 aromatic heterocycles. The van der Waals surface area contributed by atoms with Crippen LogP contribution in [0.15, 0.2) is 24.3 Å². The molecule has 0 unspecified atom stereocenters. The Hall–Kier alpha value is -2.34. The van der Waals surface area contributed by atoms with Gasteiger partial charge in [0.1, 0.15) is 0 Å². The lowest BCUT2D eigenvalue weighted by Crippen LogP contribution is -2.47. The number of amides is 2. The molecule has 0 saturated carbocycles. The highest BCUT2D eigenvalue weighted by atomic mass is 16.4. The highest BCUT2D eigenvalue weighted by molar-refractivity contribution is 5.90. The van der Waals surface area contributed by atoms with E-state index in [0.717, 1.165) is 37.8 Å². The van der Waals surface area contributed by atoms with Crippen molar-refractivity contribution in [2.24, 2.45) is 0 Å². The minimum atomic E-state index is -0.804. The maximum Gasteiger partial charge on any atom is 0.319 e. The highest BCUT2D eigenvalue weighted by Gasteiger charge is 2.21. The van der Waals surface area contributed by atoms with E-state index in [0.29, 0.717) is 13.1 Å². The monoisotopic (exact) mass is 343 g/mol. The molecule has 1 aliphatic carbocycles. The molecular formula is C19H25N3O3. The average molecular weight is 343 g/mol. The summed E-state index contributed by atoms with van der Waals surface area (Å²) in [5.41, 5.74) is 3.30. The fraction of sp³-hybridized carbons (Fsp3) is 0.474. The number of benzene rings is 1. The first-order chi connectivity index (χ1) is 12.1. The van der Waals surface area contributed by atoms with Crippen LogP contribution in [0.2, 0.25) is 0 Å². The molecule has 134 valence electrons. The smallest absolute Gasteiger partial charge is 0.319 e. The van der Waals surface area contributed by atoms with Gasteiger partial charge in [0.2, 0.25) is 0 Å². The molecule has 0 atom stereocenters. The van der Waals surface area contributed by atoms with Gasteiger partial charge < -0.3 is 15.7 Å². The van der Waals surface area contributed by atoms with Crippen LogP contribution in [0, 0.1) is 0 Å². The molecular weight excluding hydrogens is 318 g/mol. The van der Waals surface area contributed by atoms with Crippen molar-refractivity contribution in [2.75, 3.05) is 25.0 Å². The Balaban J connectivity index is 1.50. The summed E-state index contributed by atoms with van der Waals surface area (Å²) in [4.78, 5) is 24.9. The Bertz CT molecular complexity index is 664. The lowest BCUT2D eigenvalue weighted by molar-refractivity contribution is -0.138. The van der Waals surface area contributed by atoms with Gasteiger partial charge in [-0.2, -0.15) is 0 Å². The van der Waals surface area contributed by atoms with E-state index in [1.807, 2.05) is 17.0 Å². The molecule has 1 fully saturated rings. The van der Waals surface area contributed by atoms with Gasteiger partial charge >= 0.3 is 12.0 Å². The summed E-state index contributed by atoms with van der Waals surface area (Å²) in [5.74, 6) is -0.804. The van der Waals surface area contributed by atoms with Crippen LogP contribution >= 0.6 is 0 Å². The molecule has 6 nitrogen and oxygen atoms in total. The Morgan fingerprint density at radius 1 is 1.24 bits per heavy atom. The topological polar surface area (TPSA) is 81.7 Å². The van der Waals surface area contributed by atoms with Crippen LogP contribution in [-0.4, -0.2) is 47.7 Å². The SMILES string of the molecule is O=C(O)CN1CCC(NC(=O)Nc2ccc3c(c2)C=CCCC3)CC1. The minimum absolute atomic E-state index is 0.0710. The largest absolute Gasteiger partial charge is 0.480 e. The van der Waals surface area contributed by atoms with Gasteiger partial charge in [0.15, 0.2) is 0 Å². The van der Waals surface area contributed by atoms with Crippen molar-refractivity contribution >= 4 is 23.8 Å². The first-order valence-electron chi connectivity index (χ1n) is 8.91. The molecule has 3 rings (SSSR count). The predicted octanol–water partition coefficient (Wildman–Crippen LogP) is 2.71. The number of likely N-dealkylation sites (tertiary alicyclic amines) is 1. The van der Waals surface area contributed by atoms with Crippen molar-refractivity contribution in [3.63, 3.8) is 0 Å². The molecule has 1 saturated heterocycles. The number of urea groups is 1. The number of nitrogens with zero attached hydrogens (tertiary/aromatic N) is 1. The molecule has 6 heteroatoms. The van der Waals surface area contributed by atoms with Crippen LogP contribution in [0.3, 0.4) is 0 Å². The van der Waals surface area contributed by atoms with Crippen LogP contribution in [0.5, 0.6) is 0 Å². The van der Waals surface area contributed by atoms with Crippen molar-refractivity contribution in [3.05, 3.63) is 35.4 Å². The number of allylic oxidation sites excluding steroid dienone is 1. The van der Waals surface area contributed by atoms with Crippen LogP contribution in [0.4, 0.5) is 10.5 Å². The maximum absolute atomic E-state index is 12.2. The zero-order chi connectivity index (χ0) is 17.6. The number of aryl methyl sites for hydroxylation is 1. The standard InChI is InChI=1S/C19H25N3O3/c23-18(24)13-22-10-8-16(9-11-22)20-19(25)21-17-7-6-14-4-2-1-3-5-15(14)12-17/h3,5-7,12,16H,1-2,4,8-11,13H2,(H,23,24)(H2,20,21,25). The van der Waals surface area contributed by atoms with E-state index in [9.17, 15) is 9.59 Å². The van der Waals surface area contributed by atoms with E-state index in [2.05, 4.69) is 28.9 Å². The number of nitrogens with one attached hydrogen (secondary N) is 2. The number of anilines is 1. The second kappa shape index (κ2) is 8.16. The van der Waals surface area contributed by atoms with E-state index in [4.69, 9.17) is 5.11 Å². The summed E-state index contributed by atoms with van der Waals surface area (Å²) >= 11 is 0. The lowest BCUT2D eigenvalue weighted by Gasteiger charge is -2.31. The van der Waals surface area contributed by atoms with Crippen LogP contribution in [-0.2, 0) is 11.2 Å². The molecule has 2 amide bonds. The molecule has 0 spiro atoms. The van der Waals surface area contributed by atoms with E-state index >= 15 is 0 Å². The second-order valence-corrected chi connectivity index (χ2v) is 6.75. The molecule has 0 bridgehead atoms. The van der Waals surface area contributed by atoms with Gasteiger partial charge in [0.25, 0.3) is 0 Å². The molecule has 1 aliphatic heterocycles. The van der Waals surface area contributed by atoms with Gasteiger partial charge in [0, 0.05) is 24.8 Å². The van der Waals surface area contributed by atoms with Crippen LogP contribution < -0.4 is 10.6 Å². The Labute approximate surface area is 147 Å². The number of carbonyl (C=O) groups excluding carboxylic acids is 1. The van der Waals surface area contributed by atoms with Gasteiger partial charge in [-0.25, -0.2) is 4.79 Å². The number of aliphatic carboxylic acids is 1. The number of hydrogen-bond acceptors (Lipinski definition) is 3. The predicted molar refractivity (Wildman–Crippen MR) is 97.7 cm³/mol. The number of carboxylic acid groups (broad SMARTS) is 1. The van der Waals surface area contributed by atoms with Gasteiger partial charge in [-0.15, -0.1) is 0 Å². The fourth-order valence-corrected chi connectivity index (χ4v) is 3.46. The molecule has 1 aromatic rings. The van der Waals surface area contributed by atoms with E-state index in [-0.39, 0.29) is 18.6 Å². The van der Waals surface area contributed by atoms with Gasteiger partial charge in [0.05, 0.1) is 6.54 Å².